The van der Waals surface area contributed by atoms with Crippen LogP contribution in [0.15, 0.2) is 24.3 Å². The van der Waals surface area contributed by atoms with E-state index in [4.69, 9.17) is 17.3 Å². The van der Waals surface area contributed by atoms with Crippen LogP contribution < -0.4 is 5.73 Å². The van der Waals surface area contributed by atoms with Crippen LogP contribution in [-0.4, -0.2) is 22.9 Å². The zero-order chi connectivity index (χ0) is 14.7. The van der Waals surface area contributed by atoms with E-state index in [1.807, 2.05) is 36.1 Å². The molecule has 1 aliphatic carbocycles. The monoisotopic (exact) mass is 294 g/mol. The van der Waals surface area contributed by atoms with Gasteiger partial charge in [0.2, 0.25) is 5.91 Å². The normalized spacial score (nSPS) is 17.6. The zero-order valence-electron chi connectivity index (χ0n) is 12.2. The summed E-state index contributed by atoms with van der Waals surface area (Å²) in [6, 6.07) is 8.23. The fourth-order valence-corrected chi connectivity index (χ4v) is 2.83. The van der Waals surface area contributed by atoms with Crippen LogP contribution in [0.25, 0.3) is 0 Å². The quantitative estimate of drug-likeness (QED) is 0.872. The molecule has 1 amide bonds. The number of carbonyl (C=O) groups excluding carboxylic acids is 1. The minimum Gasteiger partial charge on any atom is -0.333 e. The Hall–Kier alpha value is -1.06. The van der Waals surface area contributed by atoms with Gasteiger partial charge in [-0.05, 0) is 44.7 Å². The van der Waals surface area contributed by atoms with Crippen LogP contribution in [0.1, 0.15) is 51.1 Å². The molecule has 0 aliphatic heterocycles. The molecular formula is C16H23ClN2O. The van der Waals surface area contributed by atoms with Crippen molar-refractivity contribution in [3.8, 4) is 0 Å². The lowest BCUT2D eigenvalue weighted by atomic mass is 10.1. The number of amides is 1. The number of nitrogens with zero attached hydrogens (tertiary/aromatic N) is 1. The van der Waals surface area contributed by atoms with E-state index in [9.17, 15) is 4.79 Å². The molecule has 1 aliphatic rings. The predicted molar refractivity (Wildman–Crippen MR) is 82.6 cm³/mol. The van der Waals surface area contributed by atoms with Gasteiger partial charge in [-0.15, -0.1) is 0 Å². The van der Waals surface area contributed by atoms with E-state index in [1.165, 1.54) is 0 Å². The van der Waals surface area contributed by atoms with Gasteiger partial charge in [0, 0.05) is 23.5 Å². The smallest absolute Gasteiger partial charge is 0.223 e. The van der Waals surface area contributed by atoms with E-state index >= 15 is 0 Å². The molecule has 1 aromatic carbocycles. The highest BCUT2D eigenvalue weighted by Gasteiger charge is 2.36. The summed E-state index contributed by atoms with van der Waals surface area (Å²) in [7, 11) is 0. The molecule has 110 valence electrons. The van der Waals surface area contributed by atoms with Gasteiger partial charge < -0.3 is 10.6 Å². The minimum atomic E-state index is 0.0248. The van der Waals surface area contributed by atoms with E-state index in [1.54, 1.807) is 0 Å². The fraction of sp³-hybridized carbons (Fsp3) is 0.562. The number of benzene rings is 1. The molecule has 20 heavy (non-hydrogen) atoms. The van der Waals surface area contributed by atoms with Gasteiger partial charge in [-0.2, -0.15) is 0 Å². The third-order valence-electron chi connectivity index (χ3n) is 3.81. The molecule has 3 nitrogen and oxygen atoms in total. The van der Waals surface area contributed by atoms with Gasteiger partial charge in [0.25, 0.3) is 0 Å². The van der Waals surface area contributed by atoms with Crippen LogP contribution in [0.3, 0.4) is 0 Å². The zero-order valence-corrected chi connectivity index (χ0v) is 12.9. The lowest BCUT2D eigenvalue weighted by Gasteiger charge is -2.30. The number of hydrogen-bond acceptors (Lipinski definition) is 2. The average Bonchev–Trinajstić information content (AvgIpc) is 3.21. The van der Waals surface area contributed by atoms with Gasteiger partial charge in [-0.1, -0.05) is 29.8 Å². The van der Waals surface area contributed by atoms with Crippen molar-refractivity contribution in [2.24, 2.45) is 5.73 Å². The van der Waals surface area contributed by atoms with Crippen LogP contribution in [0.2, 0.25) is 5.02 Å². The summed E-state index contributed by atoms with van der Waals surface area (Å²) in [6.45, 7) is 4.00. The molecule has 0 radical (unpaired) electrons. The van der Waals surface area contributed by atoms with Gasteiger partial charge in [0.05, 0.1) is 6.04 Å². The SMILES string of the molecule is CC(N)CCC(=O)N(C1CC1)C(C)c1ccccc1Cl. The van der Waals surface area contributed by atoms with Crippen LogP contribution in [0.5, 0.6) is 0 Å². The van der Waals surface area contributed by atoms with Crippen molar-refractivity contribution in [1.82, 2.24) is 4.90 Å². The second-order valence-corrected chi connectivity index (χ2v) is 6.15. The van der Waals surface area contributed by atoms with Crippen LogP contribution >= 0.6 is 11.6 Å². The Morgan fingerprint density at radius 3 is 2.60 bits per heavy atom. The standard InChI is InChI=1S/C16H23ClN2O/c1-11(18)7-10-16(20)19(13-8-9-13)12(2)14-5-3-4-6-15(14)17/h3-6,11-13H,7-10,18H2,1-2H3. The molecule has 2 rings (SSSR count). The second kappa shape index (κ2) is 6.59. The van der Waals surface area contributed by atoms with Crippen molar-refractivity contribution >= 4 is 17.5 Å². The molecule has 1 aromatic rings. The Morgan fingerprint density at radius 2 is 2.05 bits per heavy atom. The van der Waals surface area contributed by atoms with Gasteiger partial charge in [-0.3, -0.25) is 4.79 Å². The number of rotatable bonds is 6. The third kappa shape index (κ3) is 3.74. The van der Waals surface area contributed by atoms with Crippen molar-refractivity contribution in [3.63, 3.8) is 0 Å². The molecule has 0 bridgehead atoms. The number of carbonyl (C=O) groups is 1. The Bertz CT molecular complexity index is 471. The molecule has 4 heteroatoms. The van der Waals surface area contributed by atoms with E-state index in [0.717, 1.165) is 29.8 Å². The Balaban J connectivity index is 2.12. The first-order valence-electron chi connectivity index (χ1n) is 7.32. The maximum Gasteiger partial charge on any atom is 0.223 e. The molecule has 2 unspecified atom stereocenters. The first-order valence-corrected chi connectivity index (χ1v) is 7.69. The van der Waals surface area contributed by atoms with Gasteiger partial charge in [-0.25, -0.2) is 0 Å². The van der Waals surface area contributed by atoms with Crippen LogP contribution in [-0.2, 0) is 4.79 Å². The summed E-state index contributed by atoms with van der Waals surface area (Å²) in [5, 5.41) is 0.727. The number of nitrogens with two attached hydrogens (primary N) is 1. The van der Waals surface area contributed by atoms with Crippen molar-refractivity contribution in [2.75, 3.05) is 0 Å². The Kier molecular flexibility index (Phi) is 5.06. The minimum absolute atomic E-state index is 0.0248. The first-order chi connectivity index (χ1) is 9.50. The second-order valence-electron chi connectivity index (χ2n) is 5.75. The summed E-state index contributed by atoms with van der Waals surface area (Å²) in [5.74, 6) is 0.192. The van der Waals surface area contributed by atoms with Crippen molar-refractivity contribution in [1.29, 1.82) is 0 Å². The van der Waals surface area contributed by atoms with Crippen molar-refractivity contribution in [2.45, 2.75) is 57.7 Å². The maximum absolute atomic E-state index is 12.5. The lowest BCUT2D eigenvalue weighted by molar-refractivity contribution is -0.134. The molecule has 1 saturated carbocycles. The number of halogens is 1. The Morgan fingerprint density at radius 1 is 1.40 bits per heavy atom. The third-order valence-corrected chi connectivity index (χ3v) is 4.16. The molecule has 2 atom stereocenters. The largest absolute Gasteiger partial charge is 0.333 e. The molecule has 0 saturated heterocycles. The Labute approximate surface area is 126 Å². The summed E-state index contributed by atoms with van der Waals surface area (Å²) in [4.78, 5) is 14.5. The predicted octanol–water partition coefficient (Wildman–Crippen LogP) is 3.52. The molecular weight excluding hydrogens is 272 g/mol. The maximum atomic E-state index is 12.5. The van der Waals surface area contributed by atoms with Gasteiger partial charge in [0.15, 0.2) is 0 Å². The van der Waals surface area contributed by atoms with E-state index in [2.05, 4.69) is 6.92 Å². The number of hydrogen-bond donors (Lipinski definition) is 1. The van der Waals surface area contributed by atoms with E-state index < -0.39 is 0 Å². The van der Waals surface area contributed by atoms with Crippen LogP contribution in [0.4, 0.5) is 0 Å². The fourth-order valence-electron chi connectivity index (χ4n) is 2.53. The van der Waals surface area contributed by atoms with Gasteiger partial charge in [0.1, 0.15) is 0 Å². The average molecular weight is 295 g/mol. The summed E-state index contributed by atoms with van der Waals surface area (Å²) in [6.07, 6.45) is 3.44. The first kappa shape index (κ1) is 15.3. The molecule has 0 spiro atoms. The van der Waals surface area contributed by atoms with Crippen molar-refractivity contribution < 1.29 is 4.79 Å². The van der Waals surface area contributed by atoms with Gasteiger partial charge >= 0.3 is 0 Å². The highest BCUT2D eigenvalue weighted by molar-refractivity contribution is 6.31. The van der Waals surface area contributed by atoms with E-state index in [0.29, 0.717) is 12.5 Å². The summed E-state index contributed by atoms with van der Waals surface area (Å²) in [5.41, 5.74) is 6.78. The van der Waals surface area contributed by atoms with Crippen molar-refractivity contribution in [3.05, 3.63) is 34.9 Å². The van der Waals surface area contributed by atoms with E-state index in [-0.39, 0.29) is 18.0 Å². The van der Waals surface area contributed by atoms with Crippen LogP contribution in [0, 0.1) is 0 Å². The highest BCUT2D eigenvalue weighted by Crippen LogP contribution is 2.37. The summed E-state index contributed by atoms with van der Waals surface area (Å²) < 4.78 is 0. The topological polar surface area (TPSA) is 46.3 Å². The lowest BCUT2D eigenvalue weighted by Crippen LogP contribution is -2.36. The molecule has 0 heterocycles. The molecule has 1 fully saturated rings. The molecule has 2 N–H and O–H groups in total. The highest BCUT2D eigenvalue weighted by atomic mass is 35.5. The molecule has 0 aromatic heterocycles. The summed E-state index contributed by atoms with van der Waals surface area (Å²) >= 11 is 6.26.